The number of aromatic nitrogens is 2. The average Bonchev–Trinajstić information content (AvgIpc) is 3.24. The second-order valence-electron chi connectivity index (χ2n) is 8.77. The number of aromatic amines is 1. The van der Waals surface area contributed by atoms with Crippen molar-refractivity contribution in [1.82, 2.24) is 19.8 Å². The summed E-state index contributed by atoms with van der Waals surface area (Å²) in [7, 11) is 0. The highest BCUT2D eigenvalue weighted by molar-refractivity contribution is 6.05. The summed E-state index contributed by atoms with van der Waals surface area (Å²) in [5.74, 6) is -0.694. The number of carbonyl (C=O) groups is 2. The molecule has 2 amide bonds. The average molecular weight is 390 g/mol. The van der Waals surface area contributed by atoms with E-state index in [1.54, 1.807) is 20.8 Å². The molecule has 1 aromatic rings. The zero-order valence-corrected chi connectivity index (χ0v) is 16.5. The van der Waals surface area contributed by atoms with E-state index in [0.29, 0.717) is 6.61 Å². The van der Waals surface area contributed by atoms with Crippen molar-refractivity contribution in [3.05, 3.63) is 21.6 Å². The molecule has 0 aliphatic carbocycles. The van der Waals surface area contributed by atoms with Crippen LogP contribution in [0, 0.1) is 0 Å². The van der Waals surface area contributed by atoms with Gasteiger partial charge in [0.15, 0.2) is 0 Å². The van der Waals surface area contributed by atoms with Gasteiger partial charge in [-0.2, -0.15) is 4.98 Å². The smallest absolute Gasteiger partial charge is 0.417 e. The first-order valence-electron chi connectivity index (χ1n) is 9.74. The number of H-pyrrole nitrogens is 1. The fraction of sp³-hybridized carbons (Fsp3) is 0.684. The van der Waals surface area contributed by atoms with Gasteiger partial charge in [0.05, 0.1) is 17.8 Å². The Labute approximate surface area is 163 Å². The molecule has 0 radical (unpaired) electrons. The van der Waals surface area contributed by atoms with Crippen LogP contribution in [0.15, 0.2) is 4.79 Å². The minimum absolute atomic E-state index is 0.0238. The van der Waals surface area contributed by atoms with Crippen molar-refractivity contribution in [2.45, 2.75) is 64.1 Å². The monoisotopic (exact) mass is 390 g/mol. The molecule has 0 unspecified atom stereocenters. The molecular weight excluding hydrogens is 364 g/mol. The molecular formula is C19H26N4O5. The van der Waals surface area contributed by atoms with Crippen LogP contribution < -0.4 is 10.3 Å². The van der Waals surface area contributed by atoms with Crippen LogP contribution in [0.1, 0.15) is 62.5 Å². The number of fused-ring (bicyclic) bond motifs is 2. The molecule has 0 saturated carbocycles. The largest absolute Gasteiger partial charge is 0.463 e. The Balaban J connectivity index is 1.50. The highest BCUT2D eigenvalue weighted by Gasteiger charge is 2.45. The lowest BCUT2D eigenvalue weighted by molar-refractivity contribution is 0.0246. The lowest BCUT2D eigenvalue weighted by atomic mass is 9.95. The van der Waals surface area contributed by atoms with Crippen molar-refractivity contribution in [1.29, 1.82) is 0 Å². The molecule has 9 heteroatoms. The molecule has 0 atom stereocenters. The van der Waals surface area contributed by atoms with Gasteiger partial charge in [-0.15, -0.1) is 0 Å². The molecule has 1 N–H and O–H groups in total. The molecule has 3 aliphatic rings. The van der Waals surface area contributed by atoms with E-state index in [1.807, 2.05) is 0 Å². The maximum Gasteiger partial charge on any atom is 0.417 e. The Morgan fingerprint density at radius 1 is 1.21 bits per heavy atom. The first-order valence-corrected chi connectivity index (χ1v) is 9.74. The Morgan fingerprint density at radius 3 is 2.54 bits per heavy atom. The van der Waals surface area contributed by atoms with Crippen LogP contribution in [0.2, 0.25) is 0 Å². The molecule has 28 heavy (non-hydrogen) atoms. The molecule has 1 aromatic heterocycles. The SMILES string of the molecule is CC(C)(C)OC(=O)N1Cc2nc(OCC34CCCN3CCC4)[nH]c(=O)c2C1=O. The van der Waals surface area contributed by atoms with E-state index in [4.69, 9.17) is 9.47 Å². The first-order chi connectivity index (χ1) is 13.2. The summed E-state index contributed by atoms with van der Waals surface area (Å²) < 4.78 is 11.1. The number of imide groups is 1. The molecule has 0 spiro atoms. The normalized spacial score (nSPS) is 21.0. The number of hydrogen-bond acceptors (Lipinski definition) is 7. The number of nitrogens with one attached hydrogen (secondary N) is 1. The fourth-order valence-corrected chi connectivity index (χ4v) is 4.39. The van der Waals surface area contributed by atoms with Gasteiger partial charge in [-0.05, 0) is 59.5 Å². The van der Waals surface area contributed by atoms with E-state index in [1.165, 1.54) is 0 Å². The van der Waals surface area contributed by atoms with Crippen LogP contribution in [-0.2, 0) is 11.3 Å². The number of nitrogens with zero attached hydrogens (tertiary/aromatic N) is 3. The Bertz CT molecular complexity index is 862. The molecule has 3 aliphatic heterocycles. The van der Waals surface area contributed by atoms with Gasteiger partial charge in [-0.25, -0.2) is 9.69 Å². The Morgan fingerprint density at radius 2 is 1.89 bits per heavy atom. The second kappa shape index (κ2) is 6.58. The molecule has 2 saturated heterocycles. The van der Waals surface area contributed by atoms with Crippen LogP contribution in [0.3, 0.4) is 0 Å². The van der Waals surface area contributed by atoms with Gasteiger partial charge in [0.25, 0.3) is 17.5 Å². The zero-order valence-electron chi connectivity index (χ0n) is 16.5. The van der Waals surface area contributed by atoms with Gasteiger partial charge in [-0.3, -0.25) is 19.5 Å². The van der Waals surface area contributed by atoms with Crippen molar-refractivity contribution < 1.29 is 19.1 Å². The highest BCUT2D eigenvalue weighted by Crippen LogP contribution is 2.38. The predicted octanol–water partition coefficient (Wildman–Crippen LogP) is 1.67. The van der Waals surface area contributed by atoms with Crippen molar-refractivity contribution in [2.24, 2.45) is 0 Å². The van der Waals surface area contributed by atoms with Gasteiger partial charge >= 0.3 is 6.09 Å². The summed E-state index contributed by atoms with van der Waals surface area (Å²) in [6.07, 6.45) is 3.66. The van der Waals surface area contributed by atoms with Gasteiger partial charge < -0.3 is 9.47 Å². The molecule has 0 aromatic carbocycles. The highest BCUT2D eigenvalue weighted by atomic mass is 16.6. The van der Waals surface area contributed by atoms with Crippen LogP contribution in [0.25, 0.3) is 0 Å². The number of carbonyl (C=O) groups excluding carboxylic acids is 2. The third-order valence-electron chi connectivity index (χ3n) is 5.64. The second-order valence-corrected chi connectivity index (χ2v) is 8.77. The number of rotatable bonds is 3. The third kappa shape index (κ3) is 3.28. The van der Waals surface area contributed by atoms with E-state index in [2.05, 4.69) is 14.9 Å². The molecule has 152 valence electrons. The summed E-state index contributed by atoms with van der Waals surface area (Å²) in [6.45, 7) is 7.66. The topological polar surface area (TPSA) is 105 Å². The first kappa shape index (κ1) is 18.9. The number of amides is 2. The van der Waals surface area contributed by atoms with Gasteiger partial charge in [0, 0.05) is 0 Å². The Hall–Kier alpha value is -2.42. The van der Waals surface area contributed by atoms with Gasteiger partial charge in [0.1, 0.15) is 17.8 Å². The zero-order chi connectivity index (χ0) is 20.1. The van der Waals surface area contributed by atoms with E-state index in [0.717, 1.165) is 43.7 Å². The molecule has 2 fully saturated rings. The molecule has 4 heterocycles. The van der Waals surface area contributed by atoms with Crippen LogP contribution >= 0.6 is 0 Å². The van der Waals surface area contributed by atoms with Crippen molar-refractivity contribution in [3.8, 4) is 6.01 Å². The lowest BCUT2D eigenvalue weighted by Gasteiger charge is -2.31. The minimum Gasteiger partial charge on any atom is -0.463 e. The van der Waals surface area contributed by atoms with Crippen molar-refractivity contribution >= 4 is 12.0 Å². The van der Waals surface area contributed by atoms with Crippen LogP contribution in [0.4, 0.5) is 4.79 Å². The van der Waals surface area contributed by atoms with E-state index in [9.17, 15) is 14.4 Å². The summed E-state index contributed by atoms with van der Waals surface area (Å²) in [5.41, 5.74) is -1.20. The minimum atomic E-state index is -0.788. The van der Waals surface area contributed by atoms with Gasteiger partial charge in [0.2, 0.25) is 0 Å². The van der Waals surface area contributed by atoms with Gasteiger partial charge in [-0.1, -0.05) is 0 Å². The fourth-order valence-electron chi connectivity index (χ4n) is 4.39. The molecule has 4 rings (SSSR count). The molecule has 9 nitrogen and oxygen atoms in total. The third-order valence-corrected chi connectivity index (χ3v) is 5.64. The van der Waals surface area contributed by atoms with Crippen LogP contribution in [0.5, 0.6) is 6.01 Å². The number of ether oxygens (including phenoxy) is 2. The van der Waals surface area contributed by atoms with Crippen molar-refractivity contribution in [2.75, 3.05) is 19.7 Å². The maximum atomic E-state index is 12.5. The van der Waals surface area contributed by atoms with E-state index < -0.39 is 23.2 Å². The lowest BCUT2D eigenvalue weighted by Crippen LogP contribution is -2.43. The predicted molar refractivity (Wildman–Crippen MR) is 99.2 cm³/mol. The molecule has 0 bridgehead atoms. The summed E-state index contributed by atoms with van der Waals surface area (Å²) in [5, 5.41) is 0. The summed E-state index contributed by atoms with van der Waals surface area (Å²) in [4.78, 5) is 47.4. The maximum absolute atomic E-state index is 12.5. The van der Waals surface area contributed by atoms with E-state index >= 15 is 0 Å². The quantitative estimate of drug-likeness (QED) is 0.837. The summed E-state index contributed by atoms with van der Waals surface area (Å²) in [6, 6.07) is 0.0933. The van der Waals surface area contributed by atoms with Crippen LogP contribution in [-0.4, -0.2) is 62.6 Å². The Kier molecular flexibility index (Phi) is 4.45. The summed E-state index contributed by atoms with van der Waals surface area (Å²) >= 11 is 0. The standard InChI is InChI=1S/C19H26N4O5/c1-18(2,3)28-17(26)23-10-12-13(15(23)25)14(24)21-16(20-12)27-11-19-6-4-8-22(19)9-5-7-19/h4-11H2,1-3H3,(H,20,21,24). The number of hydrogen-bond donors (Lipinski definition) is 1. The van der Waals surface area contributed by atoms with Crippen molar-refractivity contribution in [3.63, 3.8) is 0 Å². The van der Waals surface area contributed by atoms with E-state index in [-0.39, 0.29) is 29.4 Å².